The van der Waals surface area contributed by atoms with E-state index in [1.54, 1.807) is 17.9 Å². The average molecular weight is 783 g/mol. The Hall–Kier alpha value is -3.29. The summed E-state index contributed by atoms with van der Waals surface area (Å²) in [5.74, 6) is -0.580. The third-order valence-electron chi connectivity index (χ3n) is 9.18. The lowest BCUT2D eigenvalue weighted by atomic mass is 10.0. The van der Waals surface area contributed by atoms with Gasteiger partial charge in [-0.2, -0.15) is 4.65 Å². The van der Waals surface area contributed by atoms with Crippen molar-refractivity contribution in [3.63, 3.8) is 0 Å². The first kappa shape index (κ1) is 50.7. The molecule has 4 rings (SSSR count). The van der Waals surface area contributed by atoms with E-state index in [1.165, 1.54) is 32.3 Å². The number of carbonyl (C=O) groups excluding carboxylic acids is 3. The van der Waals surface area contributed by atoms with Crippen LogP contribution in [0.5, 0.6) is 0 Å². The van der Waals surface area contributed by atoms with Crippen LogP contribution in [0, 0.1) is 12.7 Å². The van der Waals surface area contributed by atoms with E-state index in [9.17, 15) is 18.8 Å². The zero-order valence-corrected chi connectivity index (χ0v) is 35.3. The number of anilines is 2. The Kier molecular flexibility index (Phi) is 28.2. The highest BCUT2D eigenvalue weighted by atomic mass is 35.5. The molecule has 1 unspecified atom stereocenters. The number of nitrogens with zero attached hydrogens (tertiary/aromatic N) is 3. The van der Waals surface area contributed by atoms with Crippen molar-refractivity contribution in [1.29, 1.82) is 0 Å². The minimum atomic E-state index is -0.454. The van der Waals surface area contributed by atoms with Crippen molar-refractivity contribution in [1.82, 2.24) is 9.80 Å². The van der Waals surface area contributed by atoms with Gasteiger partial charge in [-0.3, -0.25) is 9.59 Å². The number of amides is 2. The van der Waals surface area contributed by atoms with Gasteiger partial charge in [-0.05, 0) is 83.0 Å². The van der Waals surface area contributed by atoms with Gasteiger partial charge in [-0.15, -0.1) is 0 Å². The van der Waals surface area contributed by atoms with Gasteiger partial charge in [-0.1, -0.05) is 70.8 Å². The van der Waals surface area contributed by atoms with Crippen molar-refractivity contribution in [2.75, 3.05) is 77.8 Å². The number of nitrogens with two attached hydrogens (primary N) is 1. The van der Waals surface area contributed by atoms with Crippen molar-refractivity contribution >= 4 is 41.3 Å². The predicted octanol–water partition coefficient (Wildman–Crippen LogP) is 8.53. The molecular formula is C41H70ClFN5O6+. The molecule has 2 amide bonds. The van der Waals surface area contributed by atoms with Crippen molar-refractivity contribution in [3.05, 3.63) is 58.9 Å². The van der Waals surface area contributed by atoms with Crippen LogP contribution in [0.2, 0.25) is 5.02 Å². The first-order valence-electron chi connectivity index (χ1n) is 19.5. The Morgan fingerprint density at radius 1 is 1.06 bits per heavy atom. The molecule has 11 nitrogen and oxygen atoms in total. The van der Waals surface area contributed by atoms with Crippen molar-refractivity contribution in [2.24, 2.45) is 0 Å². The second-order valence-electron chi connectivity index (χ2n) is 13.1. The van der Waals surface area contributed by atoms with Crippen LogP contribution in [0.25, 0.3) is 0 Å². The van der Waals surface area contributed by atoms with Gasteiger partial charge in [0, 0.05) is 37.7 Å². The molecule has 2 aliphatic rings. The molecule has 2 heterocycles. The second kappa shape index (κ2) is 30.0. The molecule has 2 saturated heterocycles. The smallest absolute Gasteiger partial charge is 0.410 e. The number of Topliss-reactive ketones (excluding diaryl/α,β-unsaturated/α-hetero) is 1. The standard InChI is InChI=1S/C13H28NO2.C12H22N2O3.C7H7ClFN.C7H7NO.C2H6/c1-4-6-10-14(15-3,9-5-2)13-7-11-16-12-8-13;1-4-13(3)11-5-7-14(8-6-11)12(16)17-9-10(2)15;1-4-2-5(8)7(10)6(9)3-4;9-6-8-7-4-2-1-3-5-7;1-2/h13H,4-12H2,1-3H3;11H,4-9H2,1-3H3;2-3H,10H2,1H3;1-6H,(H,8,9);1-2H3/q+1;;;;. The highest BCUT2D eigenvalue weighted by molar-refractivity contribution is 6.33. The number of para-hydroxylation sites is 1. The topological polar surface area (TPSA) is 123 Å². The number of benzene rings is 2. The molecule has 2 fully saturated rings. The number of ether oxygens (including phenoxy) is 2. The lowest BCUT2D eigenvalue weighted by molar-refractivity contribution is -1.12. The highest BCUT2D eigenvalue weighted by Crippen LogP contribution is 2.25. The molecule has 0 aliphatic carbocycles. The fourth-order valence-electron chi connectivity index (χ4n) is 6.08. The molecule has 0 bridgehead atoms. The summed E-state index contributed by atoms with van der Waals surface area (Å²) in [7, 11) is 3.98. The van der Waals surface area contributed by atoms with E-state index in [2.05, 4.69) is 38.0 Å². The Balaban J connectivity index is 0.000000703. The van der Waals surface area contributed by atoms with Crippen molar-refractivity contribution in [2.45, 2.75) is 105 Å². The molecule has 0 saturated carbocycles. The maximum absolute atomic E-state index is 12.6. The first-order valence-corrected chi connectivity index (χ1v) is 19.8. The van der Waals surface area contributed by atoms with Gasteiger partial charge in [0.1, 0.15) is 24.9 Å². The first-order chi connectivity index (χ1) is 25.9. The monoisotopic (exact) mass is 782 g/mol. The van der Waals surface area contributed by atoms with Gasteiger partial charge in [0.2, 0.25) is 6.41 Å². The molecule has 308 valence electrons. The second-order valence-corrected chi connectivity index (χ2v) is 13.5. The number of aryl methyl sites for hydroxylation is 1. The number of rotatable bonds is 13. The number of hydrogen-bond acceptors (Lipinski definition) is 8. The van der Waals surface area contributed by atoms with Gasteiger partial charge in [0.05, 0.1) is 31.0 Å². The SMILES string of the molecule is CC.CCCC[N+](CCC)(OC)C1CCOCC1.CCN(C)C1CCN(C(=O)OCC(C)=O)CC1.Cc1cc(F)c(N)c(Cl)c1.O=CNc1ccccc1. The molecule has 0 radical (unpaired) electrons. The van der Waals surface area contributed by atoms with Gasteiger partial charge >= 0.3 is 6.09 Å². The van der Waals surface area contributed by atoms with Crippen LogP contribution in [0.1, 0.15) is 92.1 Å². The minimum absolute atomic E-state index is 0.0206. The normalized spacial score (nSPS) is 15.3. The van der Waals surface area contributed by atoms with E-state index in [0.717, 1.165) is 74.4 Å². The van der Waals surface area contributed by atoms with E-state index in [0.29, 0.717) is 31.6 Å². The van der Waals surface area contributed by atoms with Crippen LogP contribution >= 0.6 is 11.6 Å². The summed E-state index contributed by atoms with van der Waals surface area (Å²) in [4.78, 5) is 42.0. The lowest BCUT2D eigenvalue weighted by Gasteiger charge is -2.42. The van der Waals surface area contributed by atoms with E-state index in [-0.39, 0.29) is 29.2 Å². The number of nitrogen functional groups attached to an aromatic ring is 1. The molecule has 2 aliphatic heterocycles. The molecule has 0 spiro atoms. The maximum atomic E-state index is 12.6. The molecule has 54 heavy (non-hydrogen) atoms. The van der Waals surface area contributed by atoms with Gasteiger partial charge in [0.15, 0.2) is 12.4 Å². The Bertz CT molecular complexity index is 1270. The number of nitrogens with one attached hydrogen (secondary N) is 1. The van der Waals surface area contributed by atoms with Crippen LogP contribution in [-0.4, -0.2) is 112 Å². The van der Waals surface area contributed by atoms with Gasteiger partial charge in [-0.25, -0.2) is 14.0 Å². The Morgan fingerprint density at radius 2 is 1.67 bits per heavy atom. The summed E-state index contributed by atoms with van der Waals surface area (Å²) in [6.07, 6.45) is 8.23. The number of halogens is 2. The summed E-state index contributed by atoms with van der Waals surface area (Å²) in [5.41, 5.74) is 6.87. The summed E-state index contributed by atoms with van der Waals surface area (Å²) in [6, 6.07) is 13.5. The summed E-state index contributed by atoms with van der Waals surface area (Å²) in [6.45, 7) is 20.3. The summed E-state index contributed by atoms with van der Waals surface area (Å²) < 4.78 is 23.8. The summed E-state index contributed by atoms with van der Waals surface area (Å²) in [5, 5.41) is 2.80. The largest absolute Gasteiger partial charge is 0.441 e. The fourth-order valence-corrected chi connectivity index (χ4v) is 6.35. The van der Waals surface area contributed by atoms with E-state index < -0.39 is 5.82 Å². The number of hydroxylamine groups is 3. The number of ketones is 1. The minimum Gasteiger partial charge on any atom is -0.441 e. The van der Waals surface area contributed by atoms with E-state index in [1.807, 2.05) is 51.3 Å². The third kappa shape index (κ3) is 19.9. The number of hydrogen-bond donors (Lipinski definition) is 2. The van der Waals surface area contributed by atoms with Crippen molar-refractivity contribution < 1.29 is 37.7 Å². The molecular weight excluding hydrogens is 713 g/mol. The van der Waals surface area contributed by atoms with E-state index >= 15 is 0 Å². The highest BCUT2D eigenvalue weighted by Gasteiger charge is 2.38. The van der Waals surface area contributed by atoms with Crippen LogP contribution in [-0.2, 0) is 23.9 Å². The number of carbonyl (C=O) groups is 3. The van der Waals surface area contributed by atoms with Gasteiger partial charge < -0.3 is 30.3 Å². The third-order valence-corrected chi connectivity index (χ3v) is 9.49. The average Bonchev–Trinajstić information content (AvgIpc) is 3.19. The van der Waals surface area contributed by atoms with E-state index in [4.69, 9.17) is 31.6 Å². The van der Waals surface area contributed by atoms with Crippen LogP contribution < -0.4 is 11.1 Å². The maximum Gasteiger partial charge on any atom is 0.410 e. The number of quaternary nitrogens is 1. The summed E-state index contributed by atoms with van der Waals surface area (Å²) >= 11 is 5.55. The van der Waals surface area contributed by atoms with Gasteiger partial charge in [0.25, 0.3) is 0 Å². The fraction of sp³-hybridized carbons (Fsp3) is 0.634. The molecule has 13 heteroatoms. The van der Waals surface area contributed by atoms with Crippen LogP contribution in [0.15, 0.2) is 42.5 Å². The predicted molar refractivity (Wildman–Crippen MR) is 219 cm³/mol. The Labute approximate surface area is 330 Å². The lowest BCUT2D eigenvalue weighted by Crippen LogP contribution is -2.57. The molecule has 3 N–H and O–H groups in total. The molecule has 1 atom stereocenters. The van der Waals surface area contributed by atoms with Crippen LogP contribution in [0.4, 0.5) is 20.6 Å². The zero-order chi connectivity index (χ0) is 40.9. The number of unbranched alkanes of at least 4 members (excludes halogenated alkanes) is 1. The molecule has 0 aromatic heterocycles. The quantitative estimate of drug-likeness (QED) is 0.0898. The van der Waals surface area contributed by atoms with Crippen LogP contribution in [0.3, 0.4) is 0 Å². The number of piperidine rings is 1. The van der Waals surface area contributed by atoms with Crippen molar-refractivity contribution in [3.8, 4) is 0 Å². The molecule has 2 aromatic rings. The number of likely N-dealkylation sites (tertiary alicyclic amines) is 1. The molecule has 2 aromatic carbocycles. The Morgan fingerprint density at radius 3 is 2.15 bits per heavy atom. The zero-order valence-electron chi connectivity index (χ0n) is 34.5.